The lowest BCUT2D eigenvalue weighted by Crippen LogP contribution is -1.98. The normalized spacial score (nSPS) is 10.5. The number of nitrogens with one attached hydrogen (secondary N) is 1. The van der Waals surface area contributed by atoms with Gasteiger partial charge in [-0.05, 0) is 37.1 Å². The molecule has 1 aromatic carbocycles. The van der Waals surface area contributed by atoms with Crippen LogP contribution in [0.1, 0.15) is 18.9 Å². The molecule has 0 atom stereocenters. The average molecular weight is 312 g/mol. The van der Waals surface area contributed by atoms with Gasteiger partial charge in [-0.3, -0.25) is 0 Å². The Morgan fingerprint density at radius 3 is 2.94 bits per heavy atom. The fraction of sp³-hybridized carbons (Fsp3) is 0.333. The Bertz CT molecular complexity index is 510. The highest BCUT2D eigenvalue weighted by Crippen LogP contribution is 2.26. The number of rotatable bonds is 4. The van der Waals surface area contributed by atoms with Crippen molar-refractivity contribution in [1.82, 2.24) is 9.36 Å². The van der Waals surface area contributed by atoms with Crippen molar-refractivity contribution in [2.45, 2.75) is 20.3 Å². The first-order valence-electron chi connectivity index (χ1n) is 5.55. The van der Waals surface area contributed by atoms with Crippen LogP contribution in [-0.2, 0) is 0 Å². The molecule has 90 valence electrons. The molecule has 0 aliphatic rings. The van der Waals surface area contributed by atoms with Crippen molar-refractivity contribution in [3.05, 3.63) is 28.2 Å². The van der Waals surface area contributed by atoms with E-state index in [-0.39, 0.29) is 0 Å². The van der Waals surface area contributed by atoms with Crippen LogP contribution < -0.4 is 5.32 Å². The summed E-state index contributed by atoms with van der Waals surface area (Å²) in [5.74, 6) is 0.804. The molecule has 1 N–H and O–H groups in total. The van der Waals surface area contributed by atoms with Gasteiger partial charge in [0, 0.05) is 28.1 Å². The molecule has 0 aliphatic heterocycles. The lowest BCUT2D eigenvalue weighted by atomic mass is 10.1. The van der Waals surface area contributed by atoms with Crippen LogP contribution in [0, 0.1) is 6.92 Å². The van der Waals surface area contributed by atoms with Crippen molar-refractivity contribution in [1.29, 1.82) is 0 Å². The molecule has 2 aromatic rings. The molecule has 0 spiro atoms. The van der Waals surface area contributed by atoms with Gasteiger partial charge in [-0.15, -0.1) is 0 Å². The van der Waals surface area contributed by atoms with Crippen molar-refractivity contribution in [2.75, 3.05) is 11.9 Å². The molecule has 3 nitrogen and oxygen atoms in total. The molecule has 0 saturated carbocycles. The smallest absolute Gasteiger partial charge is 0.202 e. The van der Waals surface area contributed by atoms with E-state index in [9.17, 15) is 0 Å². The van der Waals surface area contributed by atoms with Gasteiger partial charge in [0.2, 0.25) is 5.13 Å². The number of hydrogen-bond donors (Lipinski definition) is 1. The Morgan fingerprint density at radius 2 is 2.24 bits per heavy atom. The number of nitrogens with zero attached hydrogens (tertiary/aromatic N) is 2. The first-order chi connectivity index (χ1) is 8.20. The maximum Gasteiger partial charge on any atom is 0.202 e. The van der Waals surface area contributed by atoms with E-state index < -0.39 is 0 Å². The Balaban J connectivity index is 2.24. The molecule has 0 unspecified atom stereocenters. The van der Waals surface area contributed by atoms with Crippen molar-refractivity contribution < 1.29 is 0 Å². The second kappa shape index (κ2) is 5.60. The largest absolute Gasteiger partial charge is 0.360 e. The van der Waals surface area contributed by atoms with Crippen molar-refractivity contribution in [2.24, 2.45) is 0 Å². The number of aromatic nitrogens is 2. The summed E-state index contributed by atoms with van der Waals surface area (Å²) in [4.78, 5) is 4.49. The Morgan fingerprint density at radius 1 is 1.41 bits per heavy atom. The number of halogens is 1. The molecule has 0 amide bonds. The third-order valence-corrected chi connectivity index (χ3v) is 3.55. The van der Waals surface area contributed by atoms with E-state index >= 15 is 0 Å². The summed E-state index contributed by atoms with van der Waals surface area (Å²) in [6, 6.07) is 6.14. The number of anilines is 1. The van der Waals surface area contributed by atoms with Crippen LogP contribution in [0.15, 0.2) is 22.7 Å². The number of hydrogen-bond acceptors (Lipinski definition) is 4. The zero-order chi connectivity index (χ0) is 12.3. The molecule has 1 heterocycles. The van der Waals surface area contributed by atoms with E-state index in [1.807, 2.05) is 12.1 Å². The van der Waals surface area contributed by atoms with Gasteiger partial charge in [-0.2, -0.15) is 9.36 Å². The first-order valence-corrected chi connectivity index (χ1v) is 7.11. The summed E-state index contributed by atoms with van der Waals surface area (Å²) in [7, 11) is 0. The van der Waals surface area contributed by atoms with Crippen LogP contribution in [0.2, 0.25) is 0 Å². The standard InChI is InChI=1S/C12H14BrN3S/c1-3-6-14-12-15-11(16-17-12)10-5-4-9(13)7-8(10)2/h4-5,7H,3,6H2,1-2H3,(H,14,15,16). The minimum absolute atomic E-state index is 0.804. The van der Waals surface area contributed by atoms with Gasteiger partial charge in [0.25, 0.3) is 0 Å². The zero-order valence-corrected chi connectivity index (χ0v) is 12.2. The third kappa shape index (κ3) is 3.04. The molecule has 0 radical (unpaired) electrons. The topological polar surface area (TPSA) is 37.8 Å². The van der Waals surface area contributed by atoms with Crippen molar-refractivity contribution in [3.8, 4) is 11.4 Å². The number of aryl methyl sites for hydroxylation is 1. The van der Waals surface area contributed by atoms with Crippen LogP contribution in [0.3, 0.4) is 0 Å². The Hall–Kier alpha value is -0.940. The van der Waals surface area contributed by atoms with Crippen LogP contribution >= 0.6 is 27.5 Å². The summed E-state index contributed by atoms with van der Waals surface area (Å²) < 4.78 is 5.46. The summed E-state index contributed by atoms with van der Waals surface area (Å²) in [5, 5.41) is 4.14. The molecule has 5 heteroatoms. The van der Waals surface area contributed by atoms with Crippen molar-refractivity contribution in [3.63, 3.8) is 0 Å². The van der Waals surface area contributed by atoms with Gasteiger partial charge in [-0.25, -0.2) is 0 Å². The van der Waals surface area contributed by atoms with E-state index in [1.165, 1.54) is 17.1 Å². The molecule has 2 rings (SSSR count). The van der Waals surface area contributed by atoms with Crippen LogP contribution in [-0.4, -0.2) is 15.9 Å². The molecule has 0 saturated heterocycles. The second-order valence-corrected chi connectivity index (χ2v) is 5.48. The minimum Gasteiger partial charge on any atom is -0.360 e. The highest BCUT2D eigenvalue weighted by atomic mass is 79.9. The lowest BCUT2D eigenvalue weighted by Gasteiger charge is -2.01. The third-order valence-electron chi connectivity index (χ3n) is 2.38. The SMILES string of the molecule is CCCNc1nc(-c2ccc(Br)cc2C)ns1. The lowest BCUT2D eigenvalue weighted by molar-refractivity contribution is 0.976. The first kappa shape index (κ1) is 12.5. The monoisotopic (exact) mass is 311 g/mol. The fourth-order valence-corrected chi connectivity index (χ4v) is 2.60. The van der Waals surface area contributed by atoms with E-state index in [1.54, 1.807) is 0 Å². The van der Waals surface area contributed by atoms with Gasteiger partial charge >= 0.3 is 0 Å². The van der Waals surface area contributed by atoms with E-state index in [2.05, 4.69) is 50.5 Å². The van der Waals surface area contributed by atoms with E-state index in [0.29, 0.717) is 0 Å². The van der Waals surface area contributed by atoms with Gasteiger partial charge in [0.05, 0.1) is 0 Å². The number of benzene rings is 1. The molecule has 0 bridgehead atoms. The summed E-state index contributed by atoms with van der Waals surface area (Å²) in [5.41, 5.74) is 2.27. The van der Waals surface area contributed by atoms with Crippen LogP contribution in [0.4, 0.5) is 5.13 Å². The highest BCUT2D eigenvalue weighted by molar-refractivity contribution is 9.10. The molecule has 17 heavy (non-hydrogen) atoms. The maximum absolute atomic E-state index is 4.49. The predicted octanol–water partition coefficient (Wildman–Crippen LogP) is 4.10. The zero-order valence-electron chi connectivity index (χ0n) is 9.83. The quantitative estimate of drug-likeness (QED) is 0.923. The van der Waals surface area contributed by atoms with Gasteiger partial charge < -0.3 is 5.32 Å². The Kier molecular flexibility index (Phi) is 4.12. The average Bonchev–Trinajstić information content (AvgIpc) is 2.75. The van der Waals surface area contributed by atoms with Crippen LogP contribution in [0.5, 0.6) is 0 Å². The summed E-state index contributed by atoms with van der Waals surface area (Å²) in [6.45, 7) is 5.14. The summed E-state index contributed by atoms with van der Waals surface area (Å²) in [6.07, 6.45) is 1.09. The van der Waals surface area contributed by atoms with E-state index in [4.69, 9.17) is 0 Å². The van der Waals surface area contributed by atoms with Gasteiger partial charge in [0.15, 0.2) is 5.82 Å². The molecule has 0 fully saturated rings. The van der Waals surface area contributed by atoms with Gasteiger partial charge in [0.1, 0.15) is 0 Å². The van der Waals surface area contributed by atoms with Crippen LogP contribution in [0.25, 0.3) is 11.4 Å². The summed E-state index contributed by atoms with van der Waals surface area (Å²) >= 11 is 4.87. The Labute approximate surface area is 114 Å². The minimum atomic E-state index is 0.804. The predicted molar refractivity (Wildman–Crippen MR) is 76.6 cm³/mol. The molecular weight excluding hydrogens is 298 g/mol. The highest BCUT2D eigenvalue weighted by Gasteiger charge is 2.08. The van der Waals surface area contributed by atoms with E-state index in [0.717, 1.165) is 34.0 Å². The maximum atomic E-state index is 4.49. The second-order valence-electron chi connectivity index (χ2n) is 3.81. The molecule has 0 aliphatic carbocycles. The molecular formula is C12H14BrN3S. The fourth-order valence-electron chi connectivity index (χ4n) is 1.51. The van der Waals surface area contributed by atoms with Crippen molar-refractivity contribution >= 4 is 32.6 Å². The van der Waals surface area contributed by atoms with Gasteiger partial charge in [-0.1, -0.05) is 22.9 Å². The molecule has 1 aromatic heterocycles.